The van der Waals surface area contributed by atoms with Crippen molar-refractivity contribution in [3.05, 3.63) is 59.2 Å². The third kappa shape index (κ3) is 4.50. The summed E-state index contributed by atoms with van der Waals surface area (Å²) < 4.78 is 10.9. The van der Waals surface area contributed by atoms with E-state index in [-0.39, 0.29) is 0 Å². The van der Waals surface area contributed by atoms with E-state index in [1.54, 1.807) is 7.11 Å². The summed E-state index contributed by atoms with van der Waals surface area (Å²) in [6, 6.07) is 14.6. The van der Waals surface area contributed by atoms with Gasteiger partial charge in [-0.15, -0.1) is 0 Å². The molecule has 0 atom stereocenters. The van der Waals surface area contributed by atoms with Crippen molar-refractivity contribution in [1.82, 2.24) is 5.32 Å². The largest absolute Gasteiger partial charge is 0.493 e. The highest BCUT2D eigenvalue weighted by Crippen LogP contribution is 2.27. The first kappa shape index (κ1) is 15.4. The fourth-order valence-corrected chi connectivity index (χ4v) is 2.27. The zero-order valence-electron chi connectivity index (χ0n) is 13.0. The molecule has 2 rings (SSSR count). The van der Waals surface area contributed by atoms with Crippen LogP contribution in [0.25, 0.3) is 0 Å². The molecule has 0 amide bonds. The lowest BCUT2D eigenvalue weighted by atomic mass is 10.1. The molecule has 0 radical (unpaired) electrons. The minimum atomic E-state index is 0.640. The first-order chi connectivity index (χ1) is 10.2. The second-order valence-corrected chi connectivity index (χ2v) is 5.01. The molecule has 0 bridgehead atoms. The van der Waals surface area contributed by atoms with Gasteiger partial charge in [-0.2, -0.15) is 0 Å². The molecule has 0 aliphatic rings. The maximum atomic E-state index is 5.52. The van der Waals surface area contributed by atoms with E-state index in [0.717, 1.165) is 24.6 Å². The zero-order chi connectivity index (χ0) is 15.1. The minimum absolute atomic E-state index is 0.640. The molecule has 0 spiro atoms. The van der Waals surface area contributed by atoms with E-state index >= 15 is 0 Å². The van der Waals surface area contributed by atoms with Crippen molar-refractivity contribution in [2.75, 3.05) is 13.7 Å². The van der Waals surface area contributed by atoms with Crippen molar-refractivity contribution in [2.24, 2.45) is 0 Å². The Balaban J connectivity index is 1.94. The first-order valence-electron chi connectivity index (χ1n) is 7.29. The molecule has 3 nitrogen and oxygen atoms in total. The first-order valence-corrected chi connectivity index (χ1v) is 7.29. The number of nitrogens with one attached hydrogen (secondary N) is 1. The van der Waals surface area contributed by atoms with Crippen molar-refractivity contribution < 1.29 is 9.47 Å². The molecule has 0 saturated heterocycles. The molecule has 1 N–H and O–H groups in total. The van der Waals surface area contributed by atoms with Gasteiger partial charge in [-0.05, 0) is 37.1 Å². The average Bonchev–Trinajstić information content (AvgIpc) is 2.49. The maximum Gasteiger partial charge on any atom is 0.161 e. The minimum Gasteiger partial charge on any atom is -0.493 e. The fraction of sp³-hybridized carbons (Fsp3) is 0.333. The molecule has 0 aromatic heterocycles. The molecule has 2 aromatic rings. The Bertz CT molecular complexity index is 581. The highest BCUT2D eigenvalue weighted by molar-refractivity contribution is 5.43. The number of rotatable bonds is 7. The summed E-state index contributed by atoms with van der Waals surface area (Å²) in [6.45, 7) is 6.38. The Kier molecular flexibility index (Phi) is 5.64. The molecule has 0 aliphatic heterocycles. The fourth-order valence-electron chi connectivity index (χ4n) is 2.27. The Morgan fingerprint density at radius 1 is 0.952 bits per heavy atom. The summed E-state index contributed by atoms with van der Waals surface area (Å²) in [7, 11) is 1.67. The van der Waals surface area contributed by atoms with Crippen LogP contribution in [0, 0.1) is 6.92 Å². The van der Waals surface area contributed by atoms with Crippen molar-refractivity contribution in [1.29, 1.82) is 0 Å². The van der Waals surface area contributed by atoms with Crippen LogP contribution < -0.4 is 14.8 Å². The van der Waals surface area contributed by atoms with Crippen LogP contribution in [-0.2, 0) is 13.1 Å². The van der Waals surface area contributed by atoms with Gasteiger partial charge in [0.1, 0.15) is 0 Å². The van der Waals surface area contributed by atoms with Gasteiger partial charge in [0.25, 0.3) is 0 Å². The Labute approximate surface area is 126 Å². The number of hydrogen-bond acceptors (Lipinski definition) is 3. The standard InChI is InChI=1S/C18H23NO2/c1-4-21-17-9-8-16(11-18(17)20-3)13-19-12-15-7-5-6-14(2)10-15/h5-11,19H,4,12-13H2,1-3H3. The van der Waals surface area contributed by atoms with Crippen LogP contribution in [0.5, 0.6) is 11.5 Å². The topological polar surface area (TPSA) is 30.5 Å². The van der Waals surface area contributed by atoms with Crippen LogP contribution in [0.2, 0.25) is 0 Å². The number of ether oxygens (including phenoxy) is 2. The second kappa shape index (κ2) is 7.70. The lowest BCUT2D eigenvalue weighted by Gasteiger charge is -2.11. The predicted octanol–water partition coefficient (Wildman–Crippen LogP) is 3.69. The third-order valence-electron chi connectivity index (χ3n) is 3.27. The third-order valence-corrected chi connectivity index (χ3v) is 3.27. The number of methoxy groups -OCH3 is 1. The second-order valence-electron chi connectivity index (χ2n) is 5.01. The summed E-state index contributed by atoms with van der Waals surface area (Å²) in [6.07, 6.45) is 0. The molecule has 21 heavy (non-hydrogen) atoms. The van der Waals surface area contributed by atoms with E-state index in [1.807, 2.05) is 19.1 Å². The zero-order valence-corrected chi connectivity index (χ0v) is 13.0. The van der Waals surface area contributed by atoms with Gasteiger partial charge < -0.3 is 14.8 Å². The highest BCUT2D eigenvalue weighted by atomic mass is 16.5. The van der Waals surface area contributed by atoms with Gasteiger partial charge >= 0.3 is 0 Å². The van der Waals surface area contributed by atoms with Crippen molar-refractivity contribution in [2.45, 2.75) is 26.9 Å². The number of benzene rings is 2. The van der Waals surface area contributed by atoms with Gasteiger partial charge in [-0.1, -0.05) is 35.9 Å². The van der Waals surface area contributed by atoms with Crippen LogP contribution in [0.1, 0.15) is 23.6 Å². The summed E-state index contributed by atoms with van der Waals surface area (Å²) in [5.74, 6) is 1.58. The molecular weight excluding hydrogens is 262 g/mol. The Morgan fingerprint density at radius 3 is 2.38 bits per heavy atom. The summed E-state index contributed by atoms with van der Waals surface area (Å²) in [4.78, 5) is 0. The van der Waals surface area contributed by atoms with E-state index in [9.17, 15) is 0 Å². The van der Waals surface area contributed by atoms with Crippen LogP contribution in [-0.4, -0.2) is 13.7 Å². The Hall–Kier alpha value is -2.00. The van der Waals surface area contributed by atoms with Crippen molar-refractivity contribution in [3.63, 3.8) is 0 Å². The summed E-state index contributed by atoms with van der Waals surface area (Å²) in [5.41, 5.74) is 3.77. The van der Waals surface area contributed by atoms with E-state index in [4.69, 9.17) is 9.47 Å². The predicted molar refractivity (Wildman–Crippen MR) is 85.9 cm³/mol. The normalized spacial score (nSPS) is 10.4. The molecule has 0 saturated carbocycles. The van der Waals surface area contributed by atoms with Gasteiger partial charge in [0.05, 0.1) is 13.7 Å². The lowest BCUT2D eigenvalue weighted by Crippen LogP contribution is -2.12. The smallest absolute Gasteiger partial charge is 0.161 e. The average molecular weight is 285 g/mol. The SMILES string of the molecule is CCOc1ccc(CNCc2cccc(C)c2)cc1OC. The Morgan fingerprint density at radius 2 is 1.71 bits per heavy atom. The molecule has 3 heteroatoms. The summed E-state index contributed by atoms with van der Waals surface area (Å²) >= 11 is 0. The molecule has 0 heterocycles. The van der Waals surface area contributed by atoms with E-state index in [1.165, 1.54) is 16.7 Å². The molecule has 112 valence electrons. The molecular formula is C18H23NO2. The van der Waals surface area contributed by atoms with E-state index in [2.05, 4.69) is 42.6 Å². The number of aryl methyl sites for hydroxylation is 1. The van der Waals surface area contributed by atoms with Crippen LogP contribution >= 0.6 is 0 Å². The highest BCUT2D eigenvalue weighted by Gasteiger charge is 2.05. The monoisotopic (exact) mass is 285 g/mol. The maximum absolute atomic E-state index is 5.52. The molecule has 0 fully saturated rings. The van der Waals surface area contributed by atoms with Crippen LogP contribution in [0.4, 0.5) is 0 Å². The molecule has 0 aliphatic carbocycles. The van der Waals surface area contributed by atoms with Crippen LogP contribution in [0.15, 0.2) is 42.5 Å². The van der Waals surface area contributed by atoms with Crippen molar-refractivity contribution in [3.8, 4) is 11.5 Å². The molecule has 2 aromatic carbocycles. The van der Waals surface area contributed by atoms with Gasteiger partial charge in [0.15, 0.2) is 11.5 Å². The van der Waals surface area contributed by atoms with E-state index in [0.29, 0.717) is 6.61 Å². The van der Waals surface area contributed by atoms with Gasteiger partial charge in [0, 0.05) is 13.1 Å². The van der Waals surface area contributed by atoms with Gasteiger partial charge in [-0.25, -0.2) is 0 Å². The van der Waals surface area contributed by atoms with Gasteiger partial charge in [-0.3, -0.25) is 0 Å². The van der Waals surface area contributed by atoms with Gasteiger partial charge in [0.2, 0.25) is 0 Å². The lowest BCUT2D eigenvalue weighted by molar-refractivity contribution is 0.310. The number of hydrogen-bond donors (Lipinski definition) is 1. The van der Waals surface area contributed by atoms with E-state index < -0.39 is 0 Å². The van der Waals surface area contributed by atoms with Crippen molar-refractivity contribution >= 4 is 0 Å². The quantitative estimate of drug-likeness (QED) is 0.841. The van der Waals surface area contributed by atoms with Crippen LogP contribution in [0.3, 0.4) is 0 Å². The molecule has 0 unspecified atom stereocenters. The summed E-state index contributed by atoms with van der Waals surface area (Å²) in [5, 5.41) is 3.45.